The summed E-state index contributed by atoms with van der Waals surface area (Å²) in [7, 11) is 1.39. The van der Waals surface area contributed by atoms with Crippen molar-refractivity contribution in [2.24, 2.45) is 5.92 Å². The Hall–Kier alpha value is -2.33. The molecule has 0 aliphatic rings. The number of nitrogens with one attached hydrogen (secondary N) is 1. The maximum absolute atomic E-state index is 11.2. The van der Waals surface area contributed by atoms with Crippen LogP contribution in [-0.4, -0.2) is 25.4 Å². The van der Waals surface area contributed by atoms with E-state index in [9.17, 15) is 4.79 Å². The molecule has 0 heterocycles. The number of methoxy groups -OCH3 is 1. The lowest BCUT2D eigenvalue weighted by Gasteiger charge is -2.17. The fraction of sp³-hybridized carbons (Fsp3) is 0.391. The predicted octanol–water partition coefficient (Wildman–Crippen LogP) is 5.70. The Bertz CT molecular complexity index is 756. The van der Waals surface area contributed by atoms with Crippen molar-refractivity contribution in [1.29, 1.82) is 5.41 Å². The SMILES string of the molecule is CC[C@@H](COc1ccc(Cc2ccc(Cl)cc2)cc1)C(=N)CCCC(=O)OC. The number of rotatable bonds is 11. The van der Waals surface area contributed by atoms with Crippen molar-refractivity contribution in [3.8, 4) is 5.75 Å². The third kappa shape index (κ3) is 7.35. The van der Waals surface area contributed by atoms with Crippen molar-refractivity contribution < 1.29 is 14.3 Å². The van der Waals surface area contributed by atoms with Crippen molar-refractivity contribution in [3.63, 3.8) is 0 Å². The molecule has 0 aliphatic carbocycles. The smallest absolute Gasteiger partial charge is 0.305 e. The van der Waals surface area contributed by atoms with Crippen LogP contribution in [0.25, 0.3) is 0 Å². The molecule has 0 spiro atoms. The Morgan fingerprint density at radius 3 is 2.21 bits per heavy atom. The molecule has 0 unspecified atom stereocenters. The Morgan fingerprint density at radius 1 is 1.04 bits per heavy atom. The molecule has 1 atom stereocenters. The van der Waals surface area contributed by atoms with Crippen LogP contribution in [0.15, 0.2) is 48.5 Å². The van der Waals surface area contributed by atoms with Gasteiger partial charge in [0.05, 0.1) is 13.7 Å². The van der Waals surface area contributed by atoms with Gasteiger partial charge in [0.15, 0.2) is 0 Å². The highest BCUT2D eigenvalue weighted by Gasteiger charge is 2.14. The summed E-state index contributed by atoms with van der Waals surface area (Å²) >= 11 is 5.93. The molecule has 0 saturated heterocycles. The van der Waals surface area contributed by atoms with Gasteiger partial charge in [0.1, 0.15) is 5.75 Å². The minimum atomic E-state index is -0.226. The van der Waals surface area contributed by atoms with Crippen LogP contribution in [0.2, 0.25) is 5.02 Å². The zero-order valence-electron chi connectivity index (χ0n) is 16.5. The lowest BCUT2D eigenvalue weighted by atomic mass is 9.97. The summed E-state index contributed by atoms with van der Waals surface area (Å²) in [6.07, 6.45) is 3.27. The van der Waals surface area contributed by atoms with Crippen LogP contribution in [0.5, 0.6) is 5.75 Å². The molecule has 0 radical (unpaired) electrons. The Kier molecular flexibility index (Phi) is 9.02. The monoisotopic (exact) mass is 401 g/mol. The van der Waals surface area contributed by atoms with Crippen LogP contribution in [0, 0.1) is 11.3 Å². The highest BCUT2D eigenvalue weighted by Crippen LogP contribution is 2.19. The lowest BCUT2D eigenvalue weighted by molar-refractivity contribution is -0.140. The minimum absolute atomic E-state index is 0.0615. The maximum Gasteiger partial charge on any atom is 0.305 e. The normalized spacial score (nSPS) is 11.7. The van der Waals surface area contributed by atoms with E-state index in [2.05, 4.69) is 23.8 Å². The summed E-state index contributed by atoms with van der Waals surface area (Å²) in [6.45, 7) is 2.53. The molecular formula is C23H28ClNO3. The average Bonchev–Trinajstić information content (AvgIpc) is 2.71. The van der Waals surface area contributed by atoms with Gasteiger partial charge in [-0.3, -0.25) is 4.79 Å². The minimum Gasteiger partial charge on any atom is -0.493 e. The molecule has 150 valence electrons. The van der Waals surface area contributed by atoms with E-state index in [1.54, 1.807) is 0 Å². The summed E-state index contributed by atoms with van der Waals surface area (Å²) in [4.78, 5) is 11.2. The zero-order chi connectivity index (χ0) is 20.4. The number of ether oxygens (including phenoxy) is 2. The molecule has 0 saturated carbocycles. The van der Waals surface area contributed by atoms with E-state index in [1.807, 2.05) is 36.4 Å². The maximum atomic E-state index is 11.2. The van der Waals surface area contributed by atoms with Crippen molar-refractivity contribution >= 4 is 23.3 Å². The first-order chi connectivity index (χ1) is 13.5. The number of halogens is 1. The molecule has 0 aromatic heterocycles. The summed E-state index contributed by atoms with van der Waals surface area (Å²) in [5.74, 6) is 0.642. The number of hydrogen-bond donors (Lipinski definition) is 1. The van der Waals surface area contributed by atoms with Gasteiger partial charge in [-0.05, 0) is 61.1 Å². The second-order valence-electron chi connectivity index (χ2n) is 6.82. The first kappa shape index (κ1) is 22.0. The molecule has 4 nitrogen and oxygen atoms in total. The summed E-state index contributed by atoms with van der Waals surface area (Å²) < 4.78 is 10.5. The molecule has 0 amide bonds. The van der Waals surface area contributed by atoms with E-state index < -0.39 is 0 Å². The first-order valence-electron chi connectivity index (χ1n) is 9.62. The molecule has 1 N–H and O–H groups in total. The summed E-state index contributed by atoms with van der Waals surface area (Å²) in [5, 5.41) is 8.99. The van der Waals surface area contributed by atoms with Crippen LogP contribution in [0.3, 0.4) is 0 Å². The molecule has 0 bridgehead atoms. The second kappa shape index (κ2) is 11.5. The van der Waals surface area contributed by atoms with Crippen molar-refractivity contribution in [2.75, 3.05) is 13.7 Å². The molecule has 2 rings (SSSR count). The highest BCUT2D eigenvalue weighted by molar-refractivity contribution is 6.30. The van der Waals surface area contributed by atoms with Gasteiger partial charge in [-0.25, -0.2) is 0 Å². The van der Waals surface area contributed by atoms with Crippen molar-refractivity contribution in [2.45, 2.75) is 39.0 Å². The van der Waals surface area contributed by atoms with Crippen LogP contribution < -0.4 is 4.74 Å². The van der Waals surface area contributed by atoms with Crippen LogP contribution in [0.4, 0.5) is 0 Å². The van der Waals surface area contributed by atoms with E-state index in [-0.39, 0.29) is 11.9 Å². The van der Waals surface area contributed by atoms with Gasteiger partial charge in [0, 0.05) is 23.1 Å². The third-order valence-electron chi connectivity index (χ3n) is 4.74. The van der Waals surface area contributed by atoms with Gasteiger partial charge in [-0.1, -0.05) is 42.8 Å². The highest BCUT2D eigenvalue weighted by atomic mass is 35.5. The van der Waals surface area contributed by atoms with Crippen LogP contribution in [-0.2, 0) is 16.0 Å². The van der Waals surface area contributed by atoms with E-state index in [4.69, 9.17) is 21.7 Å². The van der Waals surface area contributed by atoms with E-state index in [0.29, 0.717) is 31.6 Å². The summed E-state index contributed by atoms with van der Waals surface area (Å²) in [5.41, 5.74) is 3.05. The fourth-order valence-electron chi connectivity index (χ4n) is 2.93. The van der Waals surface area contributed by atoms with Gasteiger partial charge < -0.3 is 14.9 Å². The zero-order valence-corrected chi connectivity index (χ0v) is 17.3. The molecule has 0 aliphatic heterocycles. The number of carbonyl (C=O) groups is 1. The summed E-state index contributed by atoms with van der Waals surface area (Å²) in [6, 6.07) is 15.9. The van der Waals surface area contributed by atoms with E-state index >= 15 is 0 Å². The second-order valence-corrected chi connectivity index (χ2v) is 7.25. The lowest BCUT2D eigenvalue weighted by Crippen LogP contribution is -2.21. The molecule has 2 aromatic carbocycles. The molecule has 2 aromatic rings. The quantitative estimate of drug-likeness (QED) is 0.388. The van der Waals surface area contributed by atoms with Gasteiger partial charge in [0.25, 0.3) is 0 Å². The number of esters is 1. The topological polar surface area (TPSA) is 59.4 Å². The van der Waals surface area contributed by atoms with E-state index in [1.165, 1.54) is 18.2 Å². The number of carbonyl (C=O) groups excluding carboxylic acids is 1. The molecular weight excluding hydrogens is 374 g/mol. The van der Waals surface area contributed by atoms with Gasteiger partial charge in [-0.15, -0.1) is 0 Å². The Labute approximate surface area is 172 Å². The van der Waals surface area contributed by atoms with Crippen molar-refractivity contribution in [3.05, 3.63) is 64.7 Å². The van der Waals surface area contributed by atoms with Crippen LogP contribution in [0.1, 0.15) is 43.7 Å². The third-order valence-corrected chi connectivity index (χ3v) is 4.99. The standard InChI is InChI=1S/C23H28ClNO3/c1-3-19(22(25)5-4-6-23(26)27-2)16-28-21-13-9-18(10-14-21)15-17-7-11-20(24)12-8-17/h7-14,19,25H,3-6,15-16H2,1-2H3/t19-/m0/s1. The van der Waals surface area contributed by atoms with Gasteiger partial charge in [0.2, 0.25) is 0 Å². The van der Waals surface area contributed by atoms with Gasteiger partial charge >= 0.3 is 5.97 Å². The largest absolute Gasteiger partial charge is 0.493 e. The predicted molar refractivity (Wildman–Crippen MR) is 114 cm³/mol. The fourth-order valence-corrected chi connectivity index (χ4v) is 3.06. The van der Waals surface area contributed by atoms with Crippen LogP contribution >= 0.6 is 11.6 Å². The number of benzene rings is 2. The molecule has 0 fully saturated rings. The number of hydrogen-bond acceptors (Lipinski definition) is 4. The Balaban J connectivity index is 1.81. The molecule has 5 heteroatoms. The Morgan fingerprint density at radius 2 is 1.64 bits per heavy atom. The molecule has 28 heavy (non-hydrogen) atoms. The average molecular weight is 402 g/mol. The first-order valence-corrected chi connectivity index (χ1v) is 10.00. The van der Waals surface area contributed by atoms with Gasteiger partial charge in [-0.2, -0.15) is 0 Å². The van der Waals surface area contributed by atoms with Crippen molar-refractivity contribution in [1.82, 2.24) is 0 Å². The van der Waals surface area contributed by atoms with E-state index in [0.717, 1.165) is 23.6 Å².